The fourth-order valence-electron chi connectivity index (χ4n) is 5.33. The molecule has 0 spiro atoms. The molecule has 4 rings (SSSR count). The number of sulfonamides is 1. The van der Waals surface area contributed by atoms with Gasteiger partial charge in [-0.3, -0.25) is 4.79 Å². The highest BCUT2D eigenvalue weighted by molar-refractivity contribution is 7.94. The first-order valence-corrected chi connectivity index (χ1v) is 15.4. The molecule has 0 radical (unpaired) electrons. The van der Waals surface area contributed by atoms with E-state index < -0.39 is 33.1 Å². The number of nitriles is 1. The number of rotatable bonds is 5. The SMILES string of the molecule is Cc1ccc(C(=O)N2CCC(c3ccc(C#N)cc3)CC2)cc1N(C(=O)OC(C)(C)C)S(=O)(=O)C1CCN(C(=O)O)C1. The van der Waals surface area contributed by atoms with Crippen LogP contribution in [-0.4, -0.2) is 78.4 Å². The van der Waals surface area contributed by atoms with E-state index in [9.17, 15) is 27.9 Å². The van der Waals surface area contributed by atoms with E-state index >= 15 is 0 Å². The molecule has 224 valence electrons. The summed E-state index contributed by atoms with van der Waals surface area (Å²) in [5.74, 6) is -0.0334. The monoisotopic (exact) mass is 596 g/mol. The van der Waals surface area contributed by atoms with Crippen molar-refractivity contribution >= 4 is 33.8 Å². The van der Waals surface area contributed by atoms with Crippen molar-refractivity contribution in [3.05, 3.63) is 64.7 Å². The first kappa shape index (κ1) is 30.8. The number of anilines is 1. The lowest BCUT2D eigenvalue weighted by Gasteiger charge is -2.33. The van der Waals surface area contributed by atoms with Gasteiger partial charge in [0.05, 0.1) is 17.3 Å². The molecule has 3 amide bonds. The van der Waals surface area contributed by atoms with E-state index in [1.54, 1.807) is 56.9 Å². The van der Waals surface area contributed by atoms with E-state index in [0.29, 0.717) is 28.5 Å². The number of likely N-dealkylation sites (tertiary alicyclic amines) is 2. The standard InChI is InChI=1S/C30H36N4O7S/c1-20-5-8-24(27(35)32-14-11-23(12-15-32)22-9-6-21(18-31)7-10-22)17-26(20)34(29(38)41-30(2,3)4)42(39,40)25-13-16-33(19-25)28(36)37/h5-10,17,23,25H,11-16,19H2,1-4H3,(H,36,37). The Morgan fingerprint density at radius 2 is 1.62 bits per heavy atom. The lowest BCUT2D eigenvalue weighted by molar-refractivity contribution is 0.0606. The zero-order valence-corrected chi connectivity index (χ0v) is 25.1. The molecule has 1 atom stereocenters. The minimum atomic E-state index is -4.42. The second-order valence-electron chi connectivity index (χ2n) is 11.7. The molecule has 2 aromatic carbocycles. The molecule has 1 N–H and O–H groups in total. The summed E-state index contributed by atoms with van der Waals surface area (Å²) in [7, 11) is -4.42. The molecule has 0 saturated carbocycles. The van der Waals surface area contributed by atoms with Gasteiger partial charge < -0.3 is 19.6 Å². The fraction of sp³-hybridized carbons (Fsp3) is 0.467. The van der Waals surface area contributed by atoms with Crippen molar-refractivity contribution in [3.63, 3.8) is 0 Å². The number of benzene rings is 2. The highest BCUT2D eigenvalue weighted by Crippen LogP contribution is 2.33. The minimum Gasteiger partial charge on any atom is -0.465 e. The van der Waals surface area contributed by atoms with Crippen LogP contribution < -0.4 is 4.31 Å². The van der Waals surface area contributed by atoms with E-state index in [4.69, 9.17) is 10.00 Å². The van der Waals surface area contributed by atoms with Gasteiger partial charge in [-0.15, -0.1) is 0 Å². The second-order valence-corrected chi connectivity index (χ2v) is 13.8. The highest BCUT2D eigenvalue weighted by Gasteiger charge is 2.44. The summed E-state index contributed by atoms with van der Waals surface area (Å²) < 4.78 is 33.8. The van der Waals surface area contributed by atoms with Crippen LogP contribution in [0.1, 0.15) is 73.0 Å². The molecule has 2 saturated heterocycles. The third-order valence-corrected chi connectivity index (χ3v) is 9.70. The van der Waals surface area contributed by atoms with Gasteiger partial charge >= 0.3 is 12.2 Å². The summed E-state index contributed by atoms with van der Waals surface area (Å²) in [6.45, 7) is 7.23. The number of nitrogens with zero attached hydrogens (tertiary/aromatic N) is 4. The van der Waals surface area contributed by atoms with Gasteiger partial charge in [-0.2, -0.15) is 9.57 Å². The number of carboxylic acid groups (broad SMARTS) is 1. The third kappa shape index (κ3) is 6.68. The van der Waals surface area contributed by atoms with Gasteiger partial charge in [0.15, 0.2) is 0 Å². The van der Waals surface area contributed by atoms with Crippen molar-refractivity contribution in [3.8, 4) is 6.07 Å². The van der Waals surface area contributed by atoms with Crippen LogP contribution in [0.15, 0.2) is 42.5 Å². The Labute approximate surface area is 246 Å². The largest absolute Gasteiger partial charge is 0.465 e. The lowest BCUT2D eigenvalue weighted by atomic mass is 9.89. The molecule has 11 nitrogen and oxygen atoms in total. The van der Waals surface area contributed by atoms with Gasteiger partial charge in [0.25, 0.3) is 5.91 Å². The van der Waals surface area contributed by atoms with Crippen molar-refractivity contribution < 1.29 is 32.6 Å². The molecule has 2 fully saturated rings. The Balaban J connectivity index is 1.60. The van der Waals surface area contributed by atoms with Gasteiger partial charge in [-0.05, 0) is 88.3 Å². The predicted octanol–water partition coefficient (Wildman–Crippen LogP) is 4.71. The number of carbonyl (C=O) groups is 3. The maximum absolute atomic E-state index is 13.9. The normalized spacial score (nSPS) is 17.9. The Morgan fingerprint density at radius 3 is 2.17 bits per heavy atom. The van der Waals surface area contributed by atoms with E-state index in [1.165, 1.54) is 6.07 Å². The van der Waals surface area contributed by atoms with Crippen molar-refractivity contribution in [1.82, 2.24) is 9.80 Å². The van der Waals surface area contributed by atoms with Gasteiger partial charge in [-0.25, -0.2) is 18.0 Å². The van der Waals surface area contributed by atoms with E-state index in [1.807, 2.05) is 12.1 Å². The Morgan fingerprint density at radius 1 is 1.00 bits per heavy atom. The topological polar surface area (TPSA) is 148 Å². The maximum Gasteiger partial charge on any atom is 0.428 e. The molecule has 1 unspecified atom stereocenters. The summed E-state index contributed by atoms with van der Waals surface area (Å²) in [5.41, 5.74) is 1.37. The summed E-state index contributed by atoms with van der Waals surface area (Å²) >= 11 is 0. The maximum atomic E-state index is 13.9. The van der Waals surface area contributed by atoms with Crippen molar-refractivity contribution in [2.45, 2.75) is 63.7 Å². The molecule has 2 aromatic rings. The van der Waals surface area contributed by atoms with Gasteiger partial charge in [0, 0.05) is 31.7 Å². The quantitative estimate of drug-likeness (QED) is 0.522. The minimum absolute atomic E-state index is 0.00339. The van der Waals surface area contributed by atoms with Gasteiger partial charge in [0.2, 0.25) is 10.0 Å². The molecular formula is C30H36N4O7S. The van der Waals surface area contributed by atoms with E-state index in [2.05, 4.69) is 6.07 Å². The van der Waals surface area contributed by atoms with Crippen molar-refractivity contribution in [2.75, 3.05) is 30.5 Å². The molecule has 42 heavy (non-hydrogen) atoms. The van der Waals surface area contributed by atoms with Crippen LogP contribution in [-0.2, 0) is 14.8 Å². The van der Waals surface area contributed by atoms with E-state index in [-0.39, 0.29) is 42.6 Å². The molecule has 2 aliphatic rings. The average Bonchev–Trinajstić information content (AvgIpc) is 3.45. The Kier molecular flexibility index (Phi) is 8.82. The van der Waals surface area contributed by atoms with Crippen LogP contribution in [0.2, 0.25) is 0 Å². The number of ether oxygens (including phenoxy) is 1. The van der Waals surface area contributed by atoms with Crippen LogP contribution in [0.3, 0.4) is 0 Å². The number of hydrogen-bond acceptors (Lipinski definition) is 7. The molecule has 0 aromatic heterocycles. The van der Waals surface area contributed by atoms with Gasteiger partial charge in [-0.1, -0.05) is 18.2 Å². The van der Waals surface area contributed by atoms with Crippen molar-refractivity contribution in [2.24, 2.45) is 0 Å². The predicted molar refractivity (Wildman–Crippen MR) is 156 cm³/mol. The number of carbonyl (C=O) groups excluding carboxylic acids is 2. The fourth-order valence-corrected chi connectivity index (χ4v) is 7.11. The summed E-state index contributed by atoms with van der Waals surface area (Å²) in [6.07, 6.45) is -0.859. The summed E-state index contributed by atoms with van der Waals surface area (Å²) in [6, 6.07) is 14.2. The Hall–Kier alpha value is -4.11. The number of amides is 3. The highest BCUT2D eigenvalue weighted by atomic mass is 32.2. The zero-order valence-electron chi connectivity index (χ0n) is 24.2. The lowest BCUT2D eigenvalue weighted by Crippen LogP contribution is -2.47. The molecule has 12 heteroatoms. The van der Waals surface area contributed by atoms with Crippen molar-refractivity contribution in [1.29, 1.82) is 5.26 Å². The summed E-state index contributed by atoms with van der Waals surface area (Å²) in [5, 5.41) is 17.2. The molecule has 2 aliphatic heterocycles. The van der Waals surface area contributed by atoms with Crippen LogP contribution in [0, 0.1) is 18.3 Å². The first-order valence-electron chi connectivity index (χ1n) is 13.9. The van der Waals surface area contributed by atoms with Crippen LogP contribution in [0.4, 0.5) is 15.3 Å². The second kappa shape index (κ2) is 12.0. The van der Waals surface area contributed by atoms with Crippen LogP contribution in [0.25, 0.3) is 0 Å². The van der Waals surface area contributed by atoms with Crippen LogP contribution >= 0.6 is 0 Å². The zero-order chi connectivity index (χ0) is 30.8. The summed E-state index contributed by atoms with van der Waals surface area (Å²) in [4.78, 5) is 41.1. The number of hydrogen-bond donors (Lipinski definition) is 1. The molecule has 0 bridgehead atoms. The Bertz CT molecular complexity index is 1500. The third-order valence-electron chi connectivity index (χ3n) is 7.62. The first-order chi connectivity index (χ1) is 19.7. The van der Waals surface area contributed by atoms with Crippen LogP contribution in [0.5, 0.6) is 0 Å². The van der Waals surface area contributed by atoms with E-state index in [0.717, 1.165) is 23.3 Å². The average molecular weight is 597 g/mol. The molecular weight excluding hydrogens is 560 g/mol. The smallest absolute Gasteiger partial charge is 0.428 e. The molecule has 2 heterocycles. The number of piperidine rings is 1. The van der Waals surface area contributed by atoms with Gasteiger partial charge in [0.1, 0.15) is 10.9 Å². The molecule has 0 aliphatic carbocycles. The number of aryl methyl sites for hydroxylation is 1.